The van der Waals surface area contributed by atoms with Gasteiger partial charge in [0.15, 0.2) is 0 Å². The second-order valence-corrected chi connectivity index (χ2v) is 7.34. The molecule has 1 N–H and O–H groups in total. The first-order chi connectivity index (χ1) is 10.2. The quantitative estimate of drug-likeness (QED) is 0.694. The van der Waals surface area contributed by atoms with Crippen molar-refractivity contribution >= 4 is 0 Å². The summed E-state index contributed by atoms with van der Waals surface area (Å²) in [6.07, 6.45) is 9.70. The number of rotatable bonds is 8. The smallest absolute Gasteiger partial charge is 0.0223 e. The lowest BCUT2D eigenvalue weighted by Crippen LogP contribution is -2.59. The van der Waals surface area contributed by atoms with Gasteiger partial charge in [0.25, 0.3) is 0 Å². The van der Waals surface area contributed by atoms with Gasteiger partial charge in [-0.05, 0) is 39.7 Å². The summed E-state index contributed by atoms with van der Waals surface area (Å²) in [5.74, 6) is 0. The molecule has 2 aliphatic heterocycles. The van der Waals surface area contributed by atoms with Crippen LogP contribution in [0.3, 0.4) is 0 Å². The van der Waals surface area contributed by atoms with Gasteiger partial charge in [-0.1, -0.05) is 32.6 Å². The molecule has 0 aromatic rings. The first-order valence-electron chi connectivity index (χ1n) is 9.42. The highest BCUT2D eigenvalue weighted by Gasteiger charge is 2.32. The molecule has 3 nitrogen and oxygen atoms in total. The fourth-order valence-electron chi connectivity index (χ4n) is 3.98. The van der Waals surface area contributed by atoms with Crippen molar-refractivity contribution in [1.82, 2.24) is 15.1 Å². The van der Waals surface area contributed by atoms with Crippen LogP contribution >= 0.6 is 0 Å². The van der Waals surface area contributed by atoms with Crippen LogP contribution in [0, 0.1) is 0 Å². The van der Waals surface area contributed by atoms with Crippen molar-refractivity contribution in [2.75, 3.05) is 32.7 Å². The molecule has 2 heterocycles. The number of fused-ring (bicyclic) bond motifs is 1. The predicted molar refractivity (Wildman–Crippen MR) is 91.9 cm³/mol. The summed E-state index contributed by atoms with van der Waals surface area (Å²) >= 11 is 0. The van der Waals surface area contributed by atoms with Gasteiger partial charge in [-0.2, -0.15) is 0 Å². The number of unbranched alkanes of at least 4 members (excludes halogenated alkanes) is 2. The van der Waals surface area contributed by atoms with Crippen LogP contribution in [0.25, 0.3) is 0 Å². The van der Waals surface area contributed by atoms with Crippen molar-refractivity contribution in [3.8, 4) is 0 Å². The number of piperidine rings is 1. The maximum atomic E-state index is 3.73. The number of nitrogens with zero attached hydrogens (tertiary/aromatic N) is 2. The highest BCUT2D eigenvalue weighted by Crippen LogP contribution is 2.23. The van der Waals surface area contributed by atoms with E-state index in [1.54, 1.807) is 0 Å². The van der Waals surface area contributed by atoms with E-state index in [0.717, 1.165) is 18.6 Å². The molecule has 2 fully saturated rings. The number of hydrogen-bond acceptors (Lipinski definition) is 3. The molecule has 0 aliphatic carbocycles. The van der Waals surface area contributed by atoms with E-state index in [0.29, 0.717) is 6.04 Å². The summed E-state index contributed by atoms with van der Waals surface area (Å²) in [7, 11) is 0. The molecule has 0 bridgehead atoms. The molecular formula is C18H37N3. The topological polar surface area (TPSA) is 18.5 Å². The van der Waals surface area contributed by atoms with E-state index in [1.165, 1.54) is 71.1 Å². The largest absolute Gasteiger partial charge is 0.313 e. The highest BCUT2D eigenvalue weighted by molar-refractivity contribution is 4.89. The monoisotopic (exact) mass is 295 g/mol. The van der Waals surface area contributed by atoms with Gasteiger partial charge in [-0.25, -0.2) is 0 Å². The van der Waals surface area contributed by atoms with Crippen LogP contribution in [-0.4, -0.2) is 60.6 Å². The van der Waals surface area contributed by atoms with E-state index in [2.05, 4.69) is 35.9 Å². The Balaban J connectivity index is 1.63. The van der Waals surface area contributed by atoms with E-state index in [-0.39, 0.29) is 0 Å². The van der Waals surface area contributed by atoms with Gasteiger partial charge in [0.1, 0.15) is 0 Å². The predicted octanol–water partition coefficient (Wildman–Crippen LogP) is 3.10. The Labute approximate surface area is 132 Å². The normalized spacial score (nSPS) is 29.3. The van der Waals surface area contributed by atoms with Crippen LogP contribution < -0.4 is 5.32 Å². The minimum absolute atomic E-state index is 0.683. The molecule has 2 aliphatic rings. The number of nitrogens with one attached hydrogen (secondary N) is 1. The second kappa shape index (κ2) is 9.12. The maximum absolute atomic E-state index is 3.73. The van der Waals surface area contributed by atoms with Crippen molar-refractivity contribution in [2.45, 2.75) is 83.8 Å². The lowest BCUT2D eigenvalue weighted by molar-refractivity contribution is 0.0158. The van der Waals surface area contributed by atoms with E-state index >= 15 is 0 Å². The summed E-state index contributed by atoms with van der Waals surface area (Å²) < 4.78 is 0. The van der Waals surface area contributed by atoms with Crippen LogP contribution in [0.1, 0.15) is 65.7 Å². The SMILES string of the molecule is CCCCCC(C)NCCN1CC2CCCCN2CC1C. The van der Waals surface area contributed by atoms with Crippen molar-refractivity contribution in [3.63, 3.8) is 0 Å². The third-order valence-corrected chi connectivity index (χ3v) is 5.45. The fraction of sp³-hybridized carbons (Fsp3) is 1.00. The molecule has 0 saturated carbocycles. The van der Waals surface area contributed by atoms with Crippen LogP contribution in [0.4, 0.5) is 0 Å². The van der Waals surface area contributed by atoms with Crippen molar-refractivity contribution in [1.29, 1.82) is 0 Å². The summed E-state index contributed by atoms with van der Waals surface area (Å²) in [6, 6.07) is 2.26. The molecule has 2 rings (SSSR count). The second-order valence-electron chi connectivity index (χ2n) is 7.34. The van der Waals surface area contributed by atoms with Crippen LogP contribution in [-0.2, 0) is 0 Å². The minimum atomic E-state index is 0.683. The molecule has 2 saturated heterocycles. The molecule has 3 atom stereocenters. The van der Waals surface area contributed by atoms with Gasteiger partial charge in [-0.3, -0.25) is 9.80 Å². The Bertz CT molecular complexity index is 282. The number of hydrogen-bond donors (Lipinski definition) is 1. The van der Waals surface area contributed by atoms with Gasteiger partial charge in [0.05, 0.1) is 0 Å². The first kappa shape index (κ1) is 17.2. The van der Waals surface area contributed by atoms with E-state index in [1.807, 2.05) is 0 Å². The third kappa shape index (κ3) is 5.54. The zero-order valence-electron chi connectivity index (χ0n) is 14.6. The Morgan fingerprint density at radius 3 is 2.86 bits per heavy atom. The molecule has 124 valence electrons. The Morgan fingerprint density at radius 2 is 2.05 bits per heavy atom. The molecule has 21 heavy (non-hydrogen) atoms. The fourth-order valence-corrected chi connectivity index (χ4v) is 3.98. The van der Waals surface area contributed by atoms with E-state index in [9.17, 15) is 0 Å². The van der Waals surface area contributed by atoms with Crippen LogP contribution in [0.5, 0.6) is 0 Å². The van der Waals surface area contributed by atoms with Crippen molar-refractivity contribution in [3.05, 3.63) is 0 Å². The van der Waals surface area contributed by atoms with Gasteiger partial charge in [0.2, 0.25) is 0 Å². The third-order valence-electron chi connectivity index (χ3n) is 5.45. The van der Waals surface area contributed by atoms with Gasteiger partial charge in [-0.15, -0.1) is 0 Å². The molecule has 0 aromatic heterocycles. The molecule has 0 spiro atoms. The summed E-state index contributed by atoms with van der Waals surface area (Å²) in [5, 5.41) is 3.73. The van der Waals surface area contributed by atoms with Crippen molar-refractivity contribution < 1.29 is 0 Å². The maximum Gasteiger partial charge on any atom is 0.0223 e. The molecular weight excluding hydrogens is 258 g/mol. The Kier molecular flexibility index (Phi) is 7.48. The zero-order valence-corrected chi connectivity index (χ0v) is 14.6. The Morgan fingerprint density at radius 1 is 1.19 bits per heavy atom. The van der Waals surface area contributed by atoms with Gasteiger partial charge >= 0.3 is 0 Å². The van der Waals surface area contributed by atoms with Crippen LogP contribution in [0.15, 0.2) is 0 Å². The average Bonchev–Trinajstić information content (AvgIpc) is 2.48. The van der Waals surface area contributed by atoms with Gasteiger partial charge < -0.3 is 5.32 Å². The Hall–Kier alpha value is -0.120. The molecule has 3 heteroatoms. The molecule has 3 unspecified atom stereocenters. The zero-order chi connectivity index (χ0) is 15.1. The molecule has 0 aromatic carbocycles. The van der Waals surface area contributed by atoms with Gasteiger partial charge in [0, 0.05) is 44.3 Å². The summed E-state index contributed by atoms with van der Waals surface area (Å²) in [5.41, 5.74) is 0. The van der Waals surface area contributed by atoms with E-state index < -0.39 is 0 Å². The van der Waals surface area contributed by atoms with Crippen molar-refractivity contribution in [2.24, 2.45) is 0 Å². The average molecular weight is 296 g/mol. The van der Waals surface area contributed by atoms with E-state index in [4.69, 9.17) is 0 Å². The summed E-state index contributed by atoms with van der Waals surface area (Å²) in [4.78, 5) is 5.46. The minimum Gasteiger partial charge on any atom is -0.313 e. The highest BCUT2D eigenvalue weighted by atomic mass is 15.3. The first-order valence-corrected chi connectivity index (χ1v) is 9.42. The van der Waals surface area contributed by atoms with Crippen LogP contribution in [0.2, 0.25) is 0 Å². The molecule has 0 amide bonds. The summed E-state index contributed by atoms with van der Waals surface area (Å²) in [6.45, 7) is 13.4. The molecule has 0 radical (unpaired) electrons. The lowest BCUT2D eigenvalue weighted by Gasteiger charge is -2.47. The standard InChI is InChI=1S/C18H37N3/c1-4-5-6-9-16(2)19-11-13-20-15-18-10-7-8-12-21(18)14-17(20)3/h16-19H,4-15H2,1-3H3. The lowest BCUT2D eigenvalue weighted by atomic mass is 9.97. The number of piperazine rings is 1.